The molecule has 3 rings (SSSR count). The van der Waals surface area contributed by atoms with Gasteiger partial charge in [0.25, 0.3) is 5.91 Å². The molecule has 0 fully saturated rings. The van der Waals surface area contributed by atoms with Crippen molar-refractivity contribution in [1.82, 2.24) is 5.32 Å². The Bertz CT molecular complexity index is 1330. The van der Waals surface area contributed by atoms with Crippen LogP contribution in [0.25, 0.3) is 11.0 Å². The zero-order valence-electron chi connectivity index (χ0n) is 17.7. The van der Waals surface area contributed by atoms with Crippen molar-refractivity contribution in [3.8, 4) is 5.75 Å². The van der Waals surface area contributed by atoms with Crippen molar-refractivity contribution < 1.29 is 31.9 Å². The van der Waals surface area contributed by atoms with Crippen molar-refractivity contribution in [3.05, 3.63) is 70.1 Å². The molecule has 3 N–H and O–H groups in total. The minimum atomic E-state index is -3.75. The fraction of sp³-hybridized carbons (Fsp3) is 0.227. The summed E-state index contributed by atoms with van der Waals surface area (Å²) in [5.41, 5.74) is 1.42. The van der Waals surface area contributed by atoms with Gasteiger partial charge in [0.15, 0.2) is 13.2 Å². The van der Waals surface area contributed by atoms with Crippen LogP contribution in [-0.2, 0) is 30.8 Å². The number of nitrogens with one attached hydrogen (secondary N) is 1. The molecule has 1 heterocycles. The van der Waals surface area contributed by atoms with Gasteiger partial charge in [0.05, 0.1) is 4.90 Å². The van der Waals surface area contributed by atoms with Gasteiger partial charge in [-0.25, -0.2) is 23.1 Å². The van der Waals surface area contributed by atoms with Crippen LogP contribution in [0, 0.1) is 6.92 Å². The molecule has 0 atom stereocenters. The molecule has 11 heteroatoms. The van der Waals surface area contributed by atoms with E-state index in [9.17, 15) is 22.8 Å². The highest BCUT2D eigenvalue weighted by Gasteiger charge is 2.10. The normalized spacial score (nSPS) is 11.2. The predicted octanol–water partition coefficient (Wildman–Crippen LogP) is 1.03. The van der Waals surface area contributed by atoms with Crippen LogP contribution in [0.5, 0.6) is 5.75 Å². The van der Waals surface area contributed by atoms with Crippen LogP contribution in [0.1, 0.15) is 11.1 Å². The van der Waals surface area contributed by atoms with E-state index in [1.807, 2.05) is 0 Å². The van der Waals surface area contributed by atoms with Crippen LogP contribution >= 0.6 is 0 Å². The average Bonchev–Trinajstić information content (AvgIpc) is 2.75. The number of sulfonamides is 1. The van der Waals surface area contributed by atoms with E-state index in [1.54, 1.807) is 31.2 Å². The number of primary sulfonamides is 1. The summed E-state index contributed by atoms with van der Waals surface area (Å²) >= 11 is 0. The molecule has 0 radical (unpaired) electrons. The van der Waals surface area contributed by atoms with Gasteiger partial charge in [-0.2, -0.15) is 0 Å². The number of ether oxygens (including phenoxy) is 2. The third-order valence-electron chi connectivity index (χ3n) is 4.63. The Labute approximate surface area is 189 Å². The fourth-order valence-electron chi connectivity index (χ4n) is 2.97. The molecule has 1 amide bonds. The van der Waals surface area contributed by atoms with Gasteiger partial charge in [0, 0.05) is 24.1 Å². The van der Waals surface area contributed by atoms with Gasteiger partial charge < -0.3 is 19.2 Å². The predicted molar refractivity (Wildman–Crippen MR) is 118 cm³/mol. The number of carbonyl (C=O) groups is 2. The van der Waals surface area contributed by atoms with Gasteiger partial charge in [0.1, 0.15) is 11.3 Å². The first kappa shape index (κ1) is 24.0. The van der Waals surface area contributed by atoms with E-state index >= 15 is 0 Å². The molecule has 0 aliphatic heterocycles. The van der Waals surface area contributed by atoms with E-state index < -0.39 is 40.7 Å². The maximum Gasteiger partial charge on any atom is 0.344 e. The van der Waals surface area contributed by atoms with Crippen molar-refractivity contribution >= 4 is 32.9 Å². The Morgan fingerprint density at radius 1 is 1.06 bits per heavy atom. The number of benzene rings is 2. The van der Waals surface area contributed by atoms with Crippen molar-refractivity contribution in [2.45, 2.75) is 18.2 Å². The molecule has 1 aromatic heterocycles. The van der Waals surface area contributed by atoms with Crippen molar-refractivity contribution in [3.63, 3.8) is 0 Å². The van der Waals surface area contributed by atoms with Crippen molar-refractivity contribution in [2.24, 2.45) is 5.14 Å². The number of nitrogens with two attached hydrogens (primary N) is 1. The Morgan fingerprint density at radius 2 is 1.79 bits per heavy atom. The summed E-state index contributed by atoms with van der Waals surface area (Å²) in [5.74, 6) is -0.923. The molecule has 0 unspecified atom stereocenters. The molecule has 33 heavy (non-hydrogen) atoms. The number of aryl methyl sites for hydroxylation is 1. The lowest BCUT2D eigenvalue weighted by molar-refractivity contribution is -0.150. The maximum absolute atomic E-state index is 11.8. The van der Waals surface area contributed by atoms with Gasteiger partial charge in [-0.1, -0.05) is 12.1 Å². The average molecular weight is 474 g/mol. The number of fused-ring (bicyclic) bond motifs is 1. The molecule has 0 bridgehead atoms. The Morgan fingerprint density at radius 3 is 2.48 bits per heavy atom. The van der Waals surface area contributed by atoms with Crippen molar-refractivity contribution in [1.29, 1.82) is 0 Å². The van der Waals surface area contributed by atoms with Crippen LogP contribution in [0.4, 0.5) is 0 Å². The monoisotopic (exact) mass is 474 g/mol. The molecule has 0 saturated heterocycles. The summed E-state index contributed by atoms with van der Waals surface area (Å²) in [4.78, 5) is 35.2. The number of hydrogen-bond donors (Lipinski definition) is 2. The molecular formula is C22H22N2O8S. The van der Waals surface area contributed by atoms with Crippen LogP contribution in [0.2, 0.25) is 0 Å². The SMILES string of the molecule is Cc1cc(=O)oc2cc(OCC(=O)OCC(=O)NCCc3ccc(S(N)(=O)=O)cc3)ccc12. The maximum atomic E-state index is 11.8. The first-order chi connectivity index (χ1) is 15.6. The molecule has 0 spiro atoms. The summed E-state index contributed by atoms with van der Waals surface area (Å²) in [7, 11) is -3.75. The number of esters is 1. The summed E-state index contributed by atoms with van der Waals surface area (Å²) in [6.07, 6.45) is 0.450. The molecule has 0 aliphatic rings. The van der Waals surface area contributed by atoms with E-state index in [0.717, 1.165) is 16.5 Å². The quantitative estimate of drug-likeness (QED) is 0.344. The van der Waals surface area contributed by atoms with Crippen molar-refractivity contribution in [2.75, 3.05) is 19.8 Å². The third kappa shape index (κ3) is 6.89. The number of carbonyl (C=O) groups excluding carboxylic acids is 2. The highest BCUT2D eigenvalue weighted by molar-refractivity contribution is 7.89. The largest absolute Gasteiger partial charge is 0.482 e. The fourth-order valence-corrected chi connectivity index (χ4v) is 3.48. The number of amides is 1. The van der Waals surface area contributed by atoms with E-state index in [0.29, 0.717) is 17.8 Å². The summed E-state index contributed by atoms with van der Waals surface area (Å²) in [5, 5.41) is 8.39. The topological polar surface area (TPSA) is 155 Å². The Kier molecular flexibility index (Phi) is 7.46. The standard InChI is InChI=1S/C22H22N2O8S/c1-14-10-21(26)32-19-11-16(4-7-18(14)19)30-13-22(27)31-12-20(25)24-9-8-15-2-5-17(6-3-15)33(23,28)29/h2-7,10-11H,8-9,12-13H2,1H3,(H,24,25)(H2,23,28,29). The Hall–Kier alpha value is -3.70. The lowest BCUT2D eigenvalue weighted by atomic mass is 10.1. The van der Waals surface area contributed by atoms with E-state index in [4.69, 9.17) is 19.0 Å². The van der Waals surface area contributed by atoms with Gasteiger partial charge >= 0.3 is 11.6 Å². The minimum absolute atomic E-state index is 0.00719. The summed E-state index contributed by atoms with van der Waals surface area (Å²) in [6, 6.07) is 12.2. The van der Waals surface area contributed by atoms with Gasteiger partial charge in [-0.3, -0.25) is 4.79 Å². The molecular weight excluding hydrogens is 452 g/mol. The van der Waals surface area contributed by atoms with Crippen LogP contribution < -0.4 is 20.8 Å². The summed E-state index contributed by atoms with van der Waals surface area (Å²) < 4.78 is 37.8. The number of hydrogen-bond acceptors (Lipinski definition) is 8. The zero-order chi connectivity index (χ0) is 24.0. The Balaban J connectivity index is 1.39. The molecule has 3 aromatic rings. The molecule has 2 aromatic carbocycles. The first-order valence-corrected chi connectivity index (χ1v) is 11.4. The van der Waals surface area contributed by atoms with Gasteiger partial charge in [-0.15, -0.1) is 0 Å². The smallest absolute Gasteiger partial charge is 0.344 e. The molecule has 0 saturated carbocycles. The third-order valence-corrected chi connectivity index (χ3v) is 5.56. The van der Waals surface area contributed by atoms with E-state index in [1.165, 1.54) is 24.3 Å². The van der Waals surface area contributed by atoms with Crippen LogP contribution in [-0.4, -0.2) is 40.1 Å². The lowest BCUT2D eigenvalue weighted by Crippen LogP contribution is -2.31. The van der Waals surface area contributed by atoms with Gasteiger partial charge in [-0.05, 0) is 48.7 Å². The molecule has 174 valence electrons. The molecule has 0 aliphatic carbocycles. The first-order valence-electron chi connectivity index (χ1n) is 9.83. The minimum Gasteiger partial charge on any atom is -0.482 e. The zero-order valence-corrected chi connectivity index (χ0v) is 18.5. The molecule has 10 nitrogen and oxygen atoms in total. The second-order valence-electron chi connectivity index (χ2n) is 7.14. The second kappa shape index (κ2) is 10.3. The second-order valence-corrected chi connectivity index (χ2v) is 8.71. The van der Waals surface area contributed by atoms with E-state index in [2.05, 4.69) is 5.32 Å². The van der Waals surface area contributed by atoms with Gasteiger partial charge in [0.2, 0.25) is 10.0 Å². The lowest BCUT2D eigenvalue weighted by Gasteiger charge is -2.09. The highest BCUT2D eigenvalue weighted by atomic mass is 32.2. The van der Waals surface area contributed by atoms with Crippen LogP contribution in [0.15, 0.2) is 62.6 Å². The van der Waals surface area contributed by atoms with Crippen LogP contribution in [0.3, 0.4) is 0 Å². The highest BCUT2D eigenvalue weighted by Crippen LogP contribution is 2.22. The van der Waals surface area contributed by atoms with E-state index in [-0.39, 0.29) is 11.4 Å². The summed E-state index contributed by atoms with van der Waals surface area (Å²) in [6.45, 7) is 1.15. The number of rotatable bonds is 9.